The molecular weight excluding hydrogens is 290 g/mol. The molecule has 2 saturated carbocycles. The molecule has 120 valence electrons. The Bertz CT molecular complexity index is 528. The summed E-state index contributed by atoms with van der Waals surface area (Å²) in [7, 11) is -3.80. The highest BCUT2D eigenvalue weighted by Crippen LogP contribution is 2.44. The van der Waals surface area contributed by atoms with Gasteiger partial charge >= 0.3 is 0 Å². The molecule has 0 radical (unpaired) electrons. The molecule has 7 heteroatoms. The molecule has 1 aliphatic heterocycles. The molecule has 3 aliphatic rings. The number of nitrogens with one attached hydrogen (secondary N) is 1. The van der Waals surface area contributed by atoms with Gasteiger partial charge in [-0.3, -0.25) is 4.79 Å². The molecule has 3 fully saturated rings. The molecule has 0 spiro atoms. The van der Waals surface area contributed by atoms with E-state index in [9.17, 15) is 13.2 Å². The van der Waals surface area contributed by atoms with E-state index in [-0.39, 0.29) is 11.9 Å². The molecule has 2 bridgehead atoms. The maximum atomic E-state index is 12.4. The van der Waals surface area contributed by atoms with Crippen molar-refractivity contribution in [2.24, 2.45) is 17.0 Å². The first-order chi connectivity index (χ1) is 9.74. The fourth-order valence-electron chi connectivity index (χ4n) is 3.95. The summed E-state index contributed by atoms with van der Waals surface area (Å²) in [6.07, 6.45) is 2.94. The Morgan fingerprint density at radius 2 is 1.76 bits per heavy atom. The highest BCUT2D eigenvalue weighted by Gasteiger charge is 2.60. The normalized spacial score (nSPS) is 35.0. The van der Waals surface area contributed by atoms with Crippen molar-refractivity contribution in [2.45, 2.75) is 56.4 Å². The number of primary sulfonamides is 1. The number of hydrogen-bond acceptors (Lipinski definition) is 4. The molecule has 0 unspecified atom stereocenters. The smallest absolute Gasteiger partial charge is 0.243 e. The second-order valence-corrected chi connectivity index (χ2v) is 9.06. The zero-order valence-electron chi connectivity index (χ0n) is 12.7. The molecule has 0 aromatic heterocycles. The predicted octanol–water partition coefficient (Wildman–Crippen LogP) is 0.0425. The van der Waals surface area contributed by atoms with Crippen LogP contribution >= 0.6 is 0 Å². The zero-order chi connectivity index (χ0) is 15.4. The van der Waals surface area contributed by atoms with Crippen molar-refractivity contribution in [3.8, 4) is 0 Å². The first-order valence-corrected chi connectivity index (χ1v) is 9.36. The van der Waals surface area contributed by atoms with Gasteiger partial charge in [-0.15, -0.1) is 0 Å². The quantitative estimate of drug-likeness (QED) is 0.766. The number of fused-ring (bicyclic) bond motifs is 2. The lowest BCUT2D eigenvalue weighted by Crippen LogP contribution is -2.57. The van der Waals surface area contributed by atoms with Gasteiger partial charge in [0, 0.05) is 25.2 Å². The lowest BCUT2D eigenvalue weighted by Gasteiger charge is -2.40. The number of rotatable bonds is 4. The van der Waals surface area contributed by atoms with Crippen LogP contribution in [0, 0.1) is 11.8 Å². The van der Waals surface area contributed by atoms with E-state index >= 15 is 0 Å². The topological polar surface area (TPSA) is 92.5 Å². The van der Waals surface area contributed by atoms with Crippen molar-refractivity contribution >= 4 is 15.9 Å². The summed E-state index contributed by atoms with van der Waals surface area (Å²) in [6.45, 7) is 6.36. The maximum absolute atomic E-state index is 12.4. The summed E-state index contributed by atoms with van der Waals surface area (Å²) < 4.78 is 21.9. The van der Waals surface area contributed by atoms with E-state index in [1.54, 1.807) is 0 Å². The van der Waals surface area contributed by atoms with Crippen molar-refractivity contribution in [3.05, 3.63) is 0 Å². The zero-order valence-corrected chi connectivity index (χ0v) is 13.5. The van der Waals surface area contributed by atoms with Crippen LogP contribution in [0.4, 0.5) is 0 Å². The number of nitrogens with zero attached hydrogens (tertiary/aromatic N) is 1. The predicted molar refractivity (Wildman–Crippen MR) is 79.9 cm³/mol. The Labute approximate surface area is 126 Å². The fraction of sp³-hybridized carbons (Fsp3) is 0.929. The third-order valence-electron chi connectivity index (χ3n) is 5.55. The lowest BCUT2D eigenvalue weighted by atomic mass is 9.91. The average molecular weight is 315 g/mol. The molecule has 1 amide bonds. The van der Waals surface area contributed by atoms with Crippen LogP contribution in [-0.4, -0.2) is 49.1 Å². The first kappa shape index (κ1) is 15.2. The van der Waals surface area contributed by atoms with Crippen LogP contribution < -0.4 is 10.5 Å². The van der Waals surface area contributed by atoms with Gasteiger partial charge in [0.2, 0.25) is 15.9 Å². The van der Waals surface area contributed by atoms with E-state index in [1.807, 2.05) is 0 Å². The summed E-state index contributed by atoms with van der Waals surface area (Å²) in [6, 6.07) is 0.635. The number of piperidine rings is 1. The number of amides is 1. The van der Waals surface area contributed by atoms with Crippen LogP contribution in [0.15, 0.2) is 0 Å². The summed E-state index contributed by atoms with van der Waals surface area (Å²) in [5, 5.41) is 8.26. The standard InChI is InChI=1S/C14H25N3O3S/c1-9(2)17-7-10-3-4-11(8-17)12(10)16-13(18)14(5-6-14)21(15,19)20/h9-12H,3-8H2,1-2H3,(H,16,18)(H2,15,19,20)/t10-,11+,12-. The second kappa shape index (κ2) is 4.93. The first-order valence-electron chi connectivity index (χ1n) is 7.82. The van der Waals surface area contributed by atoms with Crippen molar-refractivity contribution in [3.63, 3.8) is 0 Å². The number of hydrogen-bond donors (Lipinski definition) is 2. The van der Waals surface area contributed by atoms with Crippen LogP contribution in [0.25, 0.3) is 0 Å². The largest absolute Gasteiger partial charge is 0.351 e. The van der Waals surface area contributed by atoms with E-state index in [0.29, 0.717) is 30.7 Å². The second-order valence-electron chi connectivity index (χ2n) is 7.18. The van der Waals surface area contributed by atoms with E-state index in [1.165, 1.54) is 0 Å². The number of carbonyl (C=O) groups excluding carboxylic acids is 1. The van der Waals surface area contributed by atoms with Crippen molar-refractivity contribution < 1.29 is 13.2 Å². The molecule has 3 N–H and O–H groups in total. The van der Waals surface area contributed by atoms with E-state index in [4.69, 9.17) is 5.14 Å². The van der Waals surface area contributed by atoms with Gasteiger partial charge in [0.1, 0.15) is 0 Å². The number of sulfonamides is 1. The van der Waals surface area contributed by atoms with Crippen LogP contribution in [0.5, 0.6) is 0 Å². The number of likely N-dealkylation sites (tertiary alicyclic amines) is 1. The molecule has 3 rings (SSSR count). The molecule has 21 heavy (non-hydrogen) atoms. The molecule has 1 saturated heterocycles. The molecule has 0 aromatic rings. The van der Waals surface area contributed by atoms with Gasteiger partial charge in [0.15, 0.2) is 4.75 Å². The average Bonchev–Trinajstić information content (AvgIpc) is 3.16. The van der Waals surface area contributed by atoms with Gasteiger partial charge in [-0.1, -0.05) is 0 Å². The number of nitrogens with two attached hydrogens (primary N) is 1. The Morgan fingerprint density at radius 1 is 1.24 bits per heavy atom. The minimum absolute atomic E-state index is 0.117. The summed E-state index contributed by atoms with van der Waals surface area (Å²) in [5.41, 5.74) is 0. The lowest BCUT2D eigenvalue weighted by molar-refractivity contribution is -0.123. The number of carbonyl (C=O) groups is 1. The monoisotopic (exact) mass is 315 g/mol. The Kier molecular flexibility index (Phi) is 3.58. The van der Waals surface area contributed by atoms with E-state index < -0.39 is 14.8 Å². The van der Waals surface area contributed by atoms with Crippen molar-refractivity contribution in [1.29, 1.82) is 0 Å². The third-order valence-corrected chi connectivity index (χ3v) is 7.24. The fourth-order valence-corrected chi connectivity index (χ4v) is 4.94. The van der Waals surface area contributed by atoms with Gasteiger partial charge in [0.25, 0.3) is 0 Å². The third kappa shape index (κ3) is 2.49. The molecule has 3 atom stereocenters. The van der Waals surface area contributed by atoms with Gasteiger partial charge in [0.05, 0.1) is 0 Å². The highest BCUT2D eigenvalue weighted by molar-refractivity contribution is 7.91. The van der Waals surface area contributed by atoms with Crippen LogP contribution in [0.2, 0.25) is 0 Å². The van der Waals surface area contributed by atoms with Crippen molar-refractivity contribution in [2.75, 3.05) is 13.1 Å². The van der Waals surface area contributed by atoms with Gasteiger partial charge in [-0.25, -0.2) is 13.6 Å². The van der Waals surface area contributed by atoms with Gasteiger partial charge < -0.3 is 10.2 Å². The van der Waals surface area contributed by atoms with E-state index in [2.05, 4.69) is 24.1 Å². The maximum Gasteiger partial charge on any atom is 0.243 e. The Balaban J connectivity index is 1.69. The van der Waals surface area contributed by atoms with Crippen LogP contribution in [0.3, 0.4) is 0 Å². The molecule has 1 heterocycles. The minimum atomic E-state index is -3.80. The SMILES string of the molecule is CC(C)N1C[C@H]2CC[C@@H](C1)[C@@H]2NC(=O)C1(S(N)(=O)=O)CC1. The molecule has 0 aromatic carbocycles. The van der Waals surface area contributed by atoms with Crippen molar-refractivity contribution in [1.82, 2.24) is 10.2 Å². The molecule has 2 aliphatic carbocycles. The highest BCUT2D eigenvalue weighted by atomic mass is 32.2. The molecule has 6 nitrogen and oxygen atoms in total. The molecular formula is C14H25N3O3S. The summed E-state index contributed by atoms with van der Waals surface area (Å²) >= 11 is 0. The Morgan fingerprint density at radius 3 is 2.14 bits per heavy atom. The Hall–Kier alpha value is -0.660. The summed E-state index contributed by atoms with van der Waals surface area (Å²) in [5.74, 6) is 0.502. The van der Waals surface area contributed by atoms with Crippen LogP contribution in [0.1, 0.15) is 39.5 Å². The van der Waals surface area contributed by atoms with E-state index in [0.717, 1.165) is 25.9 Å². The summed E-state index contributed by atoms with van der Waals surface area (Å²) in [4.78, 5) is 14.8. The van der Waals surface area contributed by atoms with Crippen LogP contribution in [-0.2, 0) is 14.8 Å². The van der Waals surface area contributed by atoms with Gasteiger partial charge in [-0.2, -0.15) is 0 Å². The minimum Gasteiger partial charge on any atom is -0.351 e. The van der Waals surface area contributed by atoms with Gasteiger partial charge in [-0.05, 0) is 51.4 Å².